The van der Waals surface area contributed by atoms with Crippen LogP contribution in [-0.2, 0) is 11.3 Å². The molecule has 4 heteroatoms. The summed E-state index contributed by atoms with van der Waals surface area (Å²) in [5.74, 6) is 0.671. The quantitative estimate of drug-likeness (QED) is 0.852. The van der Waals surface area contributed by atoms with Gasteiger partial charge in [0.05, 0.1) is 16.8 Å². The SMILES string of the molecule is Cc1nc(CNCC2CCOC2C)cs1. The molecule has 3 nitrogen and oxygen atoms in total. The molecule has 0 radical (unpaired) electrons. The van der Waals surface area contributed by atoms with E-state index in [4.69, 9.17) is 4.74 Å². The van der Waals surface area contributed by atoms with Crippen molar-refractivity contribution < 1.29 is 4.74 Å². The minimum atomic E-state index is 0.412. The minimum Gasteiger partial charge on any atom is -0.378 e. The first kappa shape index (κ1) is 11.0. The van der Waals surface area contributed by atoms with Gasteiger partial charge < -0.3 is 10.1 Å². The Morgan fingerprint density at radius 2 is 2.53 bits per heavy atom. The van der Waals surface area contributed by atoms with Crippen LogP contribution in [0, 0.1) is 12.8 Å². The van der Waals surface area contributed by atoms with Crippen molar-refractivity contribution in [2.45, 2.75) is 32.9 Å². The summed E-state index contributed by atoms with van der Waals surface area (Å²) < 4.78 is 5.52. The lowest BCUT2D eigenvalue weighted by Gasteiger charge is -2.13. The van der Waals surface area contributed by atoms with E-state index in [0.717, 1.165) is 30.4 Å². The molecule has 1 aromatic rings. The molecule has 1 aliphatic heterocycles. The number of thiazole rings is 1. The van der Waals surface area contributed by atoms with Gasteiger partial charge in [0.15, 0.2) is 0 Å². The van der Waals surface area contributed by atoms with Gasteiger partial charge in [-0.25, -0.2) is 4.98 Å². The second-order valence-corrected chi connectivity index (χ2v) is 5.18. The van der Waals surface area contributed by atoms with Crippen LogP contribution in [0.25, 0.3) is 0 Å². The van der Waals surface area contributed by atoms with Crippen LogP contribution in [0.4, 0.5) is 0 Å². The van der Waals surface area contributed by atoms with E-state index in [2.05, 4.69) is 22.6 Å². The molecule has 0 bridgehead atoms. The Morgan fingerprint density at radius 3 is 3.13 bits per heavy atom. The lowest BCUT2D eigenvalue weighted by molar-refractivity contribution is 0.105. The summed E-state index contributed by atoms with van der Waals surface area (Å²) in [6, 6.07) is 0. The van der Waals surface area contributed by atoms with Crippen molar-refractivity contribution in [1.29, 1.82) is 0 Å². The molecule has 2 unspecified atom stereocenters. The van der Waals surface area contributed by atoms with E-state index in [-0.39, 0.29) is 0 Å². The number of rotatable bonds is 4. The molecule has 0 aliphatic carbocycles. The van der Waals surface area contributed by atoms with E-state index in [1.807, 2.05) is 6.92 Å². The van der Waals surface area contributed by atoms with Gasteiger partial charge in [-0.3, -0.25) is 0 Å². The van der Waals surface area contributed by atoms with Gasteiger partial charge in [-0.2, -0.15) is 0 Å². The van der Waals surface area contributed by atoms with Gasteiger partial charge in [-0.15, -0.1) is 11.3 Å². The normalized spacial score (nSPS) is 26.0. The van der Waals surface area contributed by atoms with Crippen molar-refractivity contribution in [2.75, 3.05) is 13.2 Å². The highest BCUT2D eigenvalue weighted by molar-refractivity contribution is 7.09. The minimum absolute atomic E-state index is 0.412. The molecule has 0 amide bonds. The fourth-order valence-corrected chi connectivity index (χ4v) is 2.53. The zero-order valence-corrected chi connectivity index (χ0v) is 10.1. The Bertz CT molecular complexity index is 313. The second-order valence-electron chi connectivity index (χ2n) is 4.11. The molecule has 0 aromatic carbocycles. The molecule has 2 rings (SSSR count). The van der Waals surface area contributed by atoms with E-state index < -0.39 is 0 Å². The van der Waals surface area contributed by atoms with E-state index in [1.54, 1.807) is 11.3 Å². The number of nitrogens with zero attached hydrogens (tertiary/aromatic N) is 1. The van der Waals surface area contributed by atoms with E-state index >= 15 is 0 Å². The number of hydrogen-bond donors (Lipinski definition) is 1. The van der Waals surface area contributed by atoms with E-state index in [9.17, 15) is 0 Å². The van der Waals surface area contributed by atoms with Crippen LogP contribution in [0.5, 0.6) is 0 Å². The molecule has 1 aromatic heterocycles. The zero-order valence-electron chi connectivity index (χ0n) is 9.32. The second kappa shape index (κ2) is 5.05. The van der Waals surface area contributed by atoms with Crippen LogP contribution in [0.2, 0.25) is 0 Å². The molecule has 0 spiro atoms. The maximum absolute atomic E-state index is 5.52. The topological polar surface area (TPSA) is 34.2 Å². The first-order chi connectivity index (χ1) is 7.25. The summed E-state index contributed by atoms with van der Waals surface area (Å²) in [5.41, 5.74) is 1.16. The fraction of sp³-hybridized carbons (Fsp3) is 0.727. The van der Waals surface area contributed by atoms with Crippen LogP contribution in [0.3, 0.4) is 0 Å². The standard InChI is InChI=1S/C11H18N2OS/c1-8-10(3-4-14-8)5-12-6-11-7-15-9(2)13-11/h7-8,10,12H,3-6H2,1-2H3. The highest BCUT2D eigenvalue weighted by atomic mass is 32.1. The monoisotopic (exact) mass is 226 g/mol. The highest BCUT2D eigenvalue weighted by Gasteiger charge is 2.23. The van der Waals surface area contributed by atoms with Crippen LogP contribution >= 0.6 is 11.3 Å². The van der Waals surface area contributed by atoms with Gasteiger partial charge in [0.2, 0.25) is 0 Å². The molecule has 1 aliphatic rings. The molecule has 1 fully saturated rings. The van der Waals surface area contributed by atoms with Gasteiger partial charge in [0.1, 0.15) is 0 Å². The fourth-order valence-electron chi connectivity index (χ4n) is 1.92. The molecule has 15 heavy (non-hydrogen) atoms. The first-order valence-corrected chi connectivity index (χ1v) is 6.37. The first-order valence-electron chi connectivity index (χ1n) is 5.49. The van der Waals surface area contributed by atoms with E-state index in [0.29, 0.717) is 12.0 Å². The summed E-state index contributed by atoms with van der Waals surface area (Å²) in [4.78, 5) is 4.42. The highest BCUT2D eigenvalue weighted by Crippen LogP contribution is 2.19. The number of nitrogens with one attached hydrogen (secondary N) is 1. The molecule has 2 heterocycles. The molecule has 84 valence electrons. The third kappa shape index (κ3) is 3.00. The third-order valence-electron chi connectivity index (χ3n) is 2.91. The third-order valence-corrected chi connectivity index (χ3v) is 3.73. The summed E-state index contributed by atoms with van der Waals surface area (Å²) in [7, 11) is 0. The smallest absolute Gasteiger partial charge is 0.0897 e. The molecular formula is C11H18N2OS. The molecule has 1 saturated heterocycles. The Balaban J connectivity index is 1.70. The summed E-state index contributed by atoms with van der Waals surface area (Å²) in [6.45, 7) is 7.04. The predicted molar refractivity (Wildman–Crippen MR) is 62.1 cm³/mol. The van der Waals surface area contributed by atoms with Crippen molar-refractivity contribution in [3.63, 3.8) is 0 Å². The maximum Gasteiger partial charge on any atom is 0.0897 e. The number of aryl methyl sites for hydroxylation is 1. The van der Waals surface area contributed by atoms with Crippen LogP contribution in [0.15, 0.2) is 5.38 Å². The number of ether oxygens (including phenoxy) is 1. The average Bonchev–Trinajstić information content (AvgIpc) is 2.77. The van der Waals surface area contributed by atoms with Gasteiger partial charge in [-0.05, 0) is 26.2 Å². The van der Waals surface area contributed by atoms with Gasteiger partial charge in [0, 0.05) is 25.1 Å². The average molecular weight is 226 g/mol. The van der Waals surface area contributed by atoms with E-state index in [1.165, 1.54) is 6.42 Å². The van der Waals surface area contributed by atoms with Crippen molar-refractivity contribution in [2.24, 2.45) is 5.92 Å². The van der Waals surface area contributed by atoms with Crippen molar-refractivity contribution in [3.8, 4) is 0 Å². The van der Waals surface area contributed by atoms with Crippen LogP contribution < -0.4 is 5.32 Å². The largest absolute Gasteiger partial charge is 0.378 e. The molecular weight excluding hydrogens is 208 g/mol. The van der Waals surface area contributed by atoms with Crippen LogP contribution in [0.1, 0.15) is 24.0 Å². The Kier molecular flexibility index (Phi) is 3.72. The summed E-state index contributed by atoms with van der Waals surface area (Å²) >= 11 is 1.71. The Labute approximate surface area is 94.9 Å². The number of hydrogen-bond acceptors (Lipinski definition) is 4. The predicted octanol–water partition coefficient (Wildman–Crippen LogP) is 1.97. The maximum atomic E-state index is 5.52. The summed E-state index contributed by atoms with van der Waals surface area (Å²) in [5, 5.41) is 6.72. The Morgan fingerprint density at radius 1 is 1.67 bits per heavy atom. The molecule has 1 N–H and O–H groups in total. The van der Waals surface area contributed by atoms with Gasteiger partial charge >= 0.3 is 0 Å². The van der Waals surface area contributed by atoms with Crippen molar-refractivity contribution in [1.82, 2.24) is 10.3 Å². The van der Waals surface area contributed by atoms with Crippen molar-refractivity contribution >= 4 is 11.3 Å². The van der Waals surface area contributed by atoms with Gasteiger partial charge in [-0.1, -0.05) is 0 Å². The zero-order chi connectivity index (χ0) is 10.7. The lowest BCUT2D eigenvalue weighted by Crippen LogP contribution is -2.26. The molecule has 0 saturated carbocycles. The lowest BCUT2D eigenvalue weighted by atomic mass is 10.0. The molecule has 2 atom stereocenters. The van der Waals surface area contributed by atoms with Gasteiger partial charge in [0.25, 0.3) is 0 Å². The van der Waals surface area contributed by atoms with Crippen LogP contribution in [-0.4, -0.2) is 24.2 Å². The summed E-state index contributed by atoms with van der Waals surface area (Å²) in [6.07, 6.45) is 1.60. The number of aromatic nitrogens is 1. The van der Waals surface area contributed by atoms with Crippen molar-refractivity contribution in [3.05, 3.63) is 16.1 Å². The Hall–Kier alpha value is -0.450.